The molecule has 2 aromatic carbocycles. The van der Waals surface area contributed by atoms with E-state index in [2.05, 4.69) is 0 Å². The van der Waals surface area contributed by atoms with Gasteiger partial charge < -0.3 is 14.2 Å². The first kappa shape index (κ1) is 19.4. The largest absolute Gasteiger partial charge is 0.493 e. The lowest BCUT2D eigenvalue weighted by atomic mass is 10.1. The molecule has 0 aliphatic carbocycles. The Labute approximate surface area is 157 Å². The molecule has 0 saturated carbocycles. The third-order valence-corrected chi connectivity index (χ3v) is 4.12. The predicted octanol–water partition coefficient (Wildman–Crippen LogP) is 4.49. The minimum atomic E-state index is -0.561. The van der Waals surface area contributed by atoms with Gasteiger partial charge in [0.1, 0.15) is 5.75 Å². The van der Waals surface area contributed by atoms with E-state index in [1.54, 1.807) is 36.4 Å². The van der Waals surface area contributed by atoms with E-state index >= 15 is 0 Å². The number of esters is 1. The van der Waals surface area contributed by atoms with Crippen molar-refractivity contribution in [3.63, 3.8) is 0 Å². The molecule has 0 unspecified atom stereocenters. The van der Waals surface area contributed by atoms with E-state index < -0.39 is 5.97 Å². The van der Waals surface area contributed by atoms with Gasteiger partial charge in [0.25, 0.3) is 0 Å². The lowest BCUT2D eigenvalue weighted by Gasteiger charge is -2.12. The van der Waals surface area contributed by atoms with Crippen LogP contribution < -0.4 is 14.2 Å². The van der Waals surface area contributed by atoms with Crippen molar-refractivity contribution in [1.82, 2.24) is 0 Å². The predicted molar refractivity (Wildman–Crippen MR) is 99.7 cm³/mol. The van der Waals surface area contributed by atoms with E-state index in [1.165, 1.54) is 13.2 Å². The fraction of sp³-hybridized carbons (Fsp3) is 0.200. The van der Waals surface area contributed by atoms with Gasteiger partial charge in [-0.25, -0.2) is 4.79 Å². The third-order valence-electron chi connectivity index (χ3n) is 3.53. The van der Waals surface area contributed by atoms with Crippen molar-refractivity contribution in [1.29, 1.82) is 5.26 Å². The SMILES string of the molecule is COc1cc(/C=C\C#N)ccc1OC(=O)COc1cc(C)c(Cl)c(C)c1. The molecule has 2 aromatic rings. The molecule has 0 aliphatic rings. The van der Waals surface area contributed by atoms with Crippen LogP contribution in [0, 0.1) is 25.2 Å². The van der Waals surface area contributed by atoms with Gasteiger partial charge in [-0.15, -0.1) is 0 Å². The number of benzene rings is 2. The fourth-order valence-electron chi connectivity index (χ4n) is 2.29. The monoisotopic (exact) mass is 371 g/mol. The number of nitriles is 1. The van der Waals surface area contributed by atoms with Crippen LogP contribution in [0.2, 0.25) is 5.02 Å². The Bertz CT molecular complexity index is 861. The van der Waals surface area contributed by atoms with Crippen molar-refractivity contribution in [2.75, 3.05) is 13.7 Å². The molecule has 0 spiro atoms. The Morgan fingerprint density at radius 2 is 1.88 bits per heavy atom. The fourth-order valence-corrected chi connectivity index (χ4v) is 2.40. The number of allylic oxidation sites excluding steroid dienone is 1. The molecule has 2 rings (SSSR count). The average molecular weight is 372 g/mol. The molecular weight excluding hydrogens is 354 g/mol. The second-order valence-electron chi connectivity index (χ2n) is 5.51. The summed E-state index contributed by atoms with van der Waals surface area (Å²) in [6.07, 6.45) is 2.98. The van der Waals surface area contributed by atoms with Crippen molar-refractivity contribution in [3.8, 4) is 23.3 Å². The van der Waals surface area contributed by atoms with E-state index in [4.69, 9.17) is 31.1 Å². The summed E-state index contributed by atoms with van der Waals surface area (Å²) in [5.74, 6) is 0.648. The Morgan fingerprint density at radius 1 is 1.19 bits per heavy atom. The molecular formula is C20H18ClNO4. The smallest absolute Gasteiger partial charge is 0.349 e. The molecule has 0 aliphatic heterocycles. The first-order valence-electron chi connectivity index (χ1n) is 7.79. The van der Waals surface area contributed by atoms with E-state index in [1.807, 2.05) is 19.9 Å². The van der Waals surface area contributed by atoms with Gasteiger partial charge in [0.05, 0.1) is 13.2 Å². The van der Waals surface area contributed by atoms with Gasteiger partial charge in [-0.2, -0.15) is 5.26 Å². The number of carbonyl (C=O) groups is 1. The summed E-state index contributed by atoms with van der Waals surface area (Å²) in [7, 11) is 1.47. The maximum atomic E-state index is 12.1. The highest BCUT2D eigenvalue weighted by Crippen LogP contribution is 2.29. The molecule has 0 amide bonds. The van der Waals surface area contributed by atoms with Gasteiger partial charge in [0.2, 0.25) is 0 Å². The number of carbonyl (C=O) groups excluding carboxylic acids is 1. The molecule has 134 valence electrons. The van der Waals surface area contributed by atoms with Crippen molar-refractivity contribution < 1.29 is 19.0 Å². The van der Waals surface area contributed by atoms with Gasteiger partial charge in [-0.3, -0.25) is 0 Å². The number of nitrogens with zero attached hydrogens (tertiary/aromatic N) is 1. The highest BCUT2D eigenvalue weighted by atomic mass is 35.5. The Hall–Kier alpha value is -2.97. The topological polar surface area (TPSA) is 68.5 Å². The highest BCUT2D eigenvalue weighted by molar-refractivity contribution is 6.32. The zero-order chi connectivity index (χ0) is 19.1. The summed E-state index contributed by atoms with van der Waals surface area (Å²) in [5, 5.41) is 9.25. The first-order chi connectivity index (χ1) is 12.4. The number of rotatable bonds is 6. The van der Waals surface area contributed by atoms with Crippen LogP contribution in [0.3, 0.4) is 0 Å². The van der Waals surface area contributed by atoms with Gasteiger partial charge in [0, 0.05) is 11.1 Å². The molecule has 26 heavy (non-hydrogen) atoms. The van der Waals surface area contributed by atoms with Gasteiger partial charge in [-0.05, 0) is 60.9 Å². The lowest BCUT2D eigenvalue weighted by molar-refractivity contribution is -0.136. The molecule has 0 saturated heterocycles. The van der Waals surface area contributed by atoms with Crippen LogP contribution in [0.1, 0.15) is 16.7 Å². The number of aryl methyl sites for hydroxylation is 2. The quantitative estimate of drug-likeness (QED) is 0.425. The van der Waals surface area contributed by atoms with Crippen LogP contribution in [0.4, 0.5) is 0 Å². The molecule has 6 heteroatoms. The summed E-state index contributed by atoms with van der Waals surface area (Å²) in [5.41, 5.74) is 2.50. The molecule has 0 fully saturated rings. The minimum Gasteiger partial charge on any atom is -0.493 e. The second-order valence-corrected chi connectivity index (χ2v) is 5.88. The van der Waals surface area contributed by atoms with E-state index in [-0.39, 0.29) is 12.4 Å². The van der Waals surface area contributed by atoms with Gasteiger partial charge in [0.15, 0.2) is 18.1 Å². The summed E-state index contributed by atoms with van der Waals surface area (Å²) in [6.45, 7) is 3.49. The zero-order valence-electron chi connectivity index (χ0n) is 14.7. The van der Waals surface area contributed by atoms with Gasteiger partial charge in [-0.1, -0.05) is 17.7 Å². The summed E-state index contributed by atoms with van der Waals surface area (Å²) < 4.78 is 16.0. The van der Waals surface area contributed by atoms with Crippen LogP contribution in [-0.2, 0) is 4.79 Å². The molecule has 0 bridgehead atoms. The number of halogens is 1. The molecule has 0 heterocycles. The van der Waals surface area contributed by atoms with E-state index in [0.29, 0.717) is 16.5 Å². The van der Waals surface area contributed by atoms with Crippen LogP contribution in [0.5, 0.6) is 17.2 Å². The molecule has 0 N–H and O–H groups in total. The maximum Gasteiger partial charge on any atom is 0.349 e. The molecule has 0 aromatic heterocycles. The van der Waals surface area contributed by atoms with Crippen LogP contribution in [0.25, 0.3) is 6.08 Å². The van der Waals surface area contributed by atoms with Crippen LogP contribution in [-0.4, -0.2) is 19.7 Å². The van der Waals surface area contributed by atoms with Crippen molar-refractivity contribution in [2.45, 2.75) is 13.8 Å². The Morgan fingerprint density at radius 3 is 2.50 bits per heavy atom. The van der Waals surface area contributed by atoms with Crippen LogP contribution >= 0.6 is 11.6 Å². The highest BCUT2D eigenvalue weighted by Gasteiger charge is 2.12. The number of ether oxygens (including phenoxy) is 3. The third kappa shape index (κ3) is 5.01. The number of hydrogen-bond donors (Lipinski definition) is 0. The summed E-state index contributed by atoms with van der Waals surface area (Å²) in [4.78, 5) is 12.1. The first-order valence-corrected chi connectivity index (χ1v) is 8.17. The van der Waals surface area contributed by atoms with Crippen LogP contribution in [0.15, 0.2) is 36.4 Å². The molecule has 5 nitrogen and oxygen atoms in total. The number of hydrogen-bond acceptors (Lipinski definition) is 5. The molecule has 0 atom stereocenters. The van der Waals surface area contributed by atoms with E-state index in [9.17, 15) is 4.79 Å². The summed E-state index contributed by atoms with van der Waals surface area (Å²) >= 11 is 6.11. The Balaban J connectivity index is 2.03. The zero-order valence-corrected chi connectivity index (χ0v) is 15.5. The normalized spacial score (nSPS) is 10.4. The summed E-state index contributed by atoms with van der Waals surface area (Å²) in [6, 6.07) is 10.4. The maximum absolute atomic E-state index is 12.1. The lowest BCUT2D eigenvalue weighted by Crippen LogP contribution is -2.18. The van der Waals surface area contributed by atoms with Crippen molar-refractivity contribution in [3.05, 3.63) is 58.1 Å². The minimum absolute atomic E-state index is 0.250. The van der Waals surface area contributed by atoms with Crippen molar-refractivity contribution in [2.24, 2.45) is 0 Å². The van der Waals surface area contributed by atoms with Gasteiger partial charge >= 0.3 is 5.97 Å². The van der Waals surface area contributed by atoms with Crippen molar-refractivity contribution >= 4 is 23.6 Å². The molecule has 0 radical (unpaired) electrons. The standard InChI is InChI=1S/C20H18ClNO4/c1-13-9-16(10-14(2)20(13)21)25-12-19(23)26-17-7-6-15(5-4-8-22)11-18(17)24-3/h4-7,9-11H,12H2,1-3H3/b5-4-. The van der Waals surface area contributed by atoms with E-state index in [0.717, 1.165) is 16.7 Å². The number of methoxy groups -OCH3 is 1. The average Bonchev–Trinajstić information content (AvgIpc) is 2.63. The second kappa shape index (κ2) is 8.93. The Kier molecular flexibility index (Phi) is 6.65.